The molecule has 2 rings (SSSR count). The number of aliphatic carboxylic acids is 1. The predicted molar refractivity (Wildman–Crippen MR) is 73.5 cm³/mol. The molecule has 0 aromatic heterocycles. The fraction of sp³-hybridized carbons (Fsp3) is 0.533. The summed E-state index contributed by atoms with van der Waals surface area (Å²) in [6, 6.07) is 5.66. The maximum absolute atomic E-state index is 10.8. The zero-order valence-corrected chi connectivity index (χ0v) is 11.4. The first kappa shape index (κ1) is 13.9. The van der Waals surface area contributed by atoms with Gasteiger partial charge in [0.1, 0.15) is 5.75 Å². The van der Waals surface area contributed by atoms with Crippen LogP contribution in [0.4, 0.5) is 0 Å². The second kappa shape index (κ2) is 6.57. The monoisotopic (exact) mass is 263 g/mol. The van der Waals surface area contributed by atoms with E-state index >= 15 is 0 Å². The first-order valence-electron chi connectivity index (χ1n) is 6.79. The van der Waals surface area contributed by atoms with Crippen LogP contribution in [0.15, 0.2) is 18.2 Å². The lowest BCUT2D eigenvalue weighted by molar-refractivity contribution is -0.136. The van der Waals surface area contributed by atoms with Crippen molar-refractivity contribution in [2.24, 2.45) is 0 Å². The van der Waals surface area contributed by atoms with Gasteiger partial charge in [0.2, 0.25) is 0 Å². The Bertz CT molecular complexity index is 439. The van der Waals surface area contributed by atoms with E-state index in [2.05, 4.69) is 4.90 Å². The molecule has 0 radical (unpaired) electrons. The fourth-order valence-corrected chi connectivity index (χ4v) is 2.60. The van der Waals surface area contributed by atoms with Gasteiger partial charge < -0.3 is 9.84 Å². The number of hydrogen-bond donors (Lipinski definition) is 1. The topological polar surface area (TPSA) is 49.8 Å². The highest BCUT2D eigenvalue weighted by Crippen LogP contribution is 2.23. The summed E-state index contributed by atoms with van der Waals surface area (Å²) >= 11 is 0. The van der Waals surface area contributed by atoms with Crippen LogP contribution in [0, 0.1) is 0 Å². The number of ether oxygens (including phenoxy) is 1. The van der Waals surface area contributed by atoms with Gasteiger partial charge in [-0.3, -0.25) is 9.69 Å². The zero-order chi connectivity index (χ0) is 13.7. The summed E-state index contributed by atoms with van der Waals surface area (Å²) in [6.07, 6.45) is 3.87. The number of hydrogen-bond acceptors (Lipinski definition) is 3. The van der Waals surface area contributed by atoms with Crippen LogP contribution in [0.25, 0.3) is 0 Å². The molecule has 0 amide bonds. The average Bonchev–Trinajstić information content (AvgIpc) is 2.39. The van der Waals surface area contributed by atoms with Crippen molar-refractivity contribution in [3.05, 3.63) is 29.3 Å². The van der Waals surface area contributed by atoms with Crippen molar-refractivity contribution in [1.29, 1.82) is 0 Å². The second-order valence-corrected chi connectivity index (χ2v) is 5.05. The molecule has 4 nitrogen and oxygen atoms in total. The number of carboxylic acid groups (broad SMARTS) is 1. The summed E-state index contributed by atoms with van der Waals surface area (Å²) in [5, 5.41) is 8.86. The number of nitrogens with zero attached hydrogens (tertiary/aromatic N) is 1. The van der Waals surface area contributed by atoms with Crippen molar-refractivity contribution in [2.45, 2.75) is 32.2 Å². The minimum atomic E-state index is -0.797. The molecular weight excluding hydrogens is 242 g/mol. The van der Waals surface area contributed by atoms with E-state index in [1.54, 1.807) is 7.11 Å². The molecule has 0 spiro atoms. The SMILES string of the molecule is COc1ccc(CC(=O)O)cc1CN1CCCCC1. The van der Waals surface area contributed by atoms with E-state index in [0.717, 1.165) is 36.5 Å². The van der Waals surface area contributed by atoms with Gasteiger partial charge in [-0.25, -0.2) is 0 Å². The summed E-state index contributed by atoms with van der Waals surface area (Å²) in [4.78, 5) is 13.2. The highest BCUT2D eigenvalue weighted by atomic mass is 16.5. The van der Waals surface area contributed by atoms with Gasteiger partial charge in [-0.1, -0.05) is 18.6 Å². The van der Waals surface area contributed by atoms with Crippen LogP contribution in [0.2, 0.25) is 0 Å². The summed E-state index contributed by atoms with van der Waals surface area (Å²) < 4.78 is 5.37. The normalized spacial score (nSPS) is 16.3. The molecule has 104 valence electrons. The fourth-order valence-electron chi connectivity index (χ4n) is 2.60. The lowest BCUT2D eigenvalue weighted by Crippen LogP contribution is -2.29. The number of rotatable bonds is 5. The van der Waals surface area contributed by atoms with Gasteiger partial charge >= 0.3 is 5.97 Å². The first-order valence-corrected chi connectivity index (χ1v) is 6.79. The van der Waals surface area contributed by atoms with Gasteiger partial charge in [0, 0.05) is 12.1 Å². The van der Waals surface area contributed by atoms with Crippen LogP contribution < -0.4 is 4.74 Å². The molecule has 4 heteroatoms. The molecule has 1 aliphatic rings. The average molecular weight is 263 g/mol. The molecule has 1 heterocycles. The third-order valence-corrected chi connectivity index (χ3v) is 3.54. The molecule has 0 saturated carbocycles. The zero-order valence-electron chi connectivity index (χ0n) is 11.4. The molecule has 0 aliphatic carbocycles. The molecule has 1 fully saturated rings. The van der Waals surface area contributed by atoms with Crippen molar-refractivity contribution < 1.29 is 14.6 Å². The van der Waals surface area contributed by atoms with E-state index in [0.29, 0.717) is 0 Å². The van der Waals surface area contributed by atoms with E-state index in [1.165, 1.54) is 19.3 Å². The van der Waals surface area contributed by atoms with Crippen molar-refractivity contribution in [1.82, 2.24) is 4.90 Å². The smallest absolute Gasteiger partial charge is 0.307 e. The van der Waals surface area contributed by atoms with Crippen LogP contribution in [-0.2, 0) is 17.8 Å². The largest absolute Gasteiger partial charge is 0.496 e. The van der Waals surface area contributed by atoms with Gasteiger partial charge in [0.25, 0.3) is 0 Å². The Morgan fingerprint density at radius 3 is 2.68 bits per heavy atom. The number of likely N-dealkylation sites (tertiary alicyclic amines) is 1. The Kier molecular flexibility index (Phi) is 4.80. The van der Waals surface area contributed by atoms with Gasteiger partial charge in [-0.15, -0.1) is 0 Å². The molecule has 1 aromatic carbocycles. The standard InChI is InChI=1S/C15H21NO3/c1-19-14-6-5-12(10-15(17)18)9-13(14)11-16-7-3-2-4-8-16/h5-6,9H,2-4,7-8,10-11H2,1H3,(H,17,18). The number of methoxy groups -OCH3 is 1. The highest BCUT2D eigenvalue weighted by molar-refractivity contribution is 5.70. The first-order chi connectivity index (χ1) is 9.19. The molecule has 1 N–H and O–H groups in total. The van der Waals surface area contributed by atoms with Crippen molar-refractivity contribution >= 4 is 5.97 Å². The van der Waals surface area contributed by atoms with E-state index in [-0.39, 0.29) is 6.42 Å². The minimum absolute atomic E-state index is 0.0665. The van der Waals surface area contributed by atoms with Crippen molar-refractivity contribution in [2.75, 3.05) is 20.2 Å². The van der Waals surface area contributed by atoms with Crippen LogP contribution >= 0.6 is 0 Å². The van der Waals surface area contributed by atoms with Crippen LogP contribution in [0.5, 0.6) is 5.75 Å². The molecule has 1 aromatic rings. The molecule has 1 saturated heterocycles. The van der Waals surface area contributed by atoms with Crippen molar-refractivity contribution in [3.63, 3.8) is 0 Å². The maximum Gasteiger partial charge on any atom is 0.307 e. The molecular formula is C15H21NO3. The Morgan fingerprint density at radius 2 is 2.05 bits per heavy atom. The number of benzene rings is 1. The Labute approximate surface area is 114 Å². The predicted octanol–water partition coefficient (Wildman–Crippen LogP) is 2.31. The van der Waals surface area contributed by atoms with Crippen LogP contribution in [-0.4, -0.2) is 36.2 Å². The third kappa shape index (κ3) is 3.96. The van der Waals surface area contributed by atoms with Gasteiger partial charge in [-0.2, -0.15) is 0 Å². The Balaban J connectivity index is 2.12. The molecule has 0 unspecified atom stereocenters. The number of carbonyl (C=O) groups is 1. The molecule has 0 atom stereocenters. The van der Waals surface area contributed by atoms with Gasteiger partial charge in [0.05, 0.1) is 13.5 Å². The van der Waals surface area contributed by atoms with E-state index in [4.69, 9.17) is 9.84 Å². The van der Waals surface area contributed by atoms with Crippen LogP contribution in [0.1, 0.15) is 30.4 Å². The lowest BCUT2D eigenvalue weighted by Gasteiger charge is -2.27. The molecule has 1 aliphatic heterocycles. The molecule has 0 bridgehead atoms. The number of carboxylic acids is 1. The summed E-state index contributed by atoms with van der Waals surface area (Å²) in [5.74, 6) is 0.0498. The Hall–Kier alpha value is -1.55. The van der Waals surface area contributed by atoms with Gasteiger partial charge in [0.15, 0.2) is 0 Å². The van der Waals surface area contributed by atoms with Crippen molar-refractivity contribution in [3.8, 4) is 5.75 Å². The highest BCUT2D eigenvalue weighted by Gasteiger charge is 2.14. The van der Waals surface area contributed by atoms with E-state index < -0.39 is 5.97 Å². The lowest BCUT2D eigenvalue weighted by atomic mass is 10.0. The second-order valence-electron chi connectivity index (χ2n) is 5.05. The quantitative estimate of drug-likeness (QED) is 0.885. The summed E-state index contributed by atoms with van der Waals surface area (Å²) in [6.45, 7) is 3.08. The summed E-state index contributed by atoms with van der Waals surface area (Å²) in [7, 11) is 1.66. The summed E-state index contributed by atoms with van der Waals surface area (Å²) in [5.41, 5.74) is 1.92. The number of piperidine rings is 1. The van der Waals surface area contributed by atoms with E-state index in [9.17, 15) is 4.79 Å². The Morgan fingerprint density at radius 1 is 1.32 bits per heavy atom. The molecule has 19 heavy (non-hydrogen) atoms. The minimum Gasteiger partial charge on any atom is -0.496 e. The third-order valence-electron chi connectivity index (χ3n) is 3.54. The van der Waals surface area contributed by atoms with Gasteiger partial charge in [-0.05, 0) is 37.6 Å². The van der Waals surface area contributed by atoms with Crippen LogP contribution in [0.3, 0.4) is 0 Å². The maximum atomic E-state index is 10.8. The van der Waals surface area contributed by atoms with E-state index in [1.807, 2.05) is 18.2 Å².